The number of hydrogen-bond donors (Lipinski definition) is 6. The van der Waals surface area contributed by atoms with Crippen LogP contribution in [0.1, 0.15) is 106 Å². The first-order chi connectivity index (χ1) is 46.4. The minimum atomic E-state index is -1.29. The van der Waals surface area contributed by atoms with Crippen molar-refractivity contribution in [2.24, 2.45) is 0 Å². The molecule has 2 aliphatic carbocycles. The van der Waals surface area contributed by atoms with Crippen LogP contribution in [0.25, 0.3) is 21.8 Å². The van der Waals surface area contributed by atoms with Crippen LogP contribution in [0.3, 0.4) is 0 Å². The molecule has 2 saturated carbocycles. The Hall–Kier alpha value is -8.64. The third-order valence-corrected chi connectivity index (χ3v) is 18.8. The minimum absolute atomic E-state index is 0.00430. The minimum Gasteiger partial charge on any atom is -0.492 e. The lowest BCUT2D eigenvalue weighted by Crippen LogP contribution is -2.49. The molecule has 2 saturated heterocycles. The number of nitrogens with zero attached hydrogens (tertiary/aromatic N) is 4. The molecule has 8 aromatic rings. The third kappa shape index (κ3) is 15.1. The summed E-state index contributed by atoms with van der Waals surface area (Å²) in [7, 11) is 2.94. The first kappa shape index (κ1) is 71.1. The first-order valence-corrected chi connectivity index (χ1v) is 33.1. The van der Waals surface area contributed by atoms with E-state index >= 15 is 8.78 Å². The normalized spacial score (nSPS) is 16.0. The number of carboxylic acid groups (broad SMARTS) is 2. The summed E-state index contributed by atoms with van der Waals surface area (Å²) in [4.78, 5) is 80.0. The van der Waals surface area contributed by atoms with Crippen LogP contribution < -0.4 is 51.4 Å². The average molecular weight is 1410 g/mol. The Morgan fingerprint density at radius 3 is 1.37 bits per heavy atom. The van der Waals surface area contributed by atoms with E-state index in [0.29, 0.717) is 133 Å². The van der Waals surface area contributed by atoms with Gasteiger partial charge in [-0.05, 0) is 115 Å². The Morgan fingerprint density at radius 2 is 0.979 bits per heavy atom. The molecular weight excluding hydrogens is 1340 g/mol. The molecule has 2 unspecified atom stereocenters. The van der Waals surface area contributed by atoms with Gasteiger partial charge in [-0.15, -0.1) is 0 Å². The maximum absolute atomic E-state index is 16.2. The Bertz CT molecular complexity index is 4500. The average Bonchev–Trinajstić information content (AvgIpc) is 1.72. The predicted octanol–water partition coefficient (Wildman–Crippen LogP) is 13.8. The van der Waals surface area contributed by atoms with Crippen LogP contribution in [0, 0.1) is 39.3 Å². The van der Waals surface area contributed by atoms with Crippen LogP contribution in [0.2, 0.25) is 20.1 Å². The molecule has 4 aliphatic rings. The van der Waals surface area contributed by atoms with Gasteiger partial charge in [0.05, 0.1) is 80.3 Å². The fraction of sp³-hybridized carbons (Fsp3) is 0.352. The van der Waals surface area contributed by atoms with Crippen LogP contribution in [-0.2, 0) is 31.9 Å². The van der Waals surface area contributed by atoms with E-state index in [1.54, 1.807) is 107 Å². The van der Waals surface area contributed by atoms with Crippen molar-refractivity contribution in [3.8, 4) is 11.5 Å². The molecule has 512 valence electrons. The number of carbonyl (C=O) groups excluding carboxylic acids is 2. The summed E-state index contributed by atoms with van der Waals surface area (Å²) >= 11 is 24.8. The van der Waals surface area contributed by atoms with Gasteiger partial charge in [-0.2, -0.15) is 0 Å². The molecule has 0 radical (unpaired) electrons. The van der Waals surface area contributed by atoms with Crippen molar-refractivity contribution in [2.75, 3.05) is 80.7 Å². The lowest BCUT2D eigenvalue weighted by Gasteiger charge is -2.35. The molecule has 20 nitrogen and oxygen atoms in total. The van der Waals surface area contributed by atoms with Crippen LogP contribution in [-0.4, -0.2) is 116 Å². The smallest absolute Gasteiger partial charge is 0.346 e. The second kappa shape index (κ2) is 30.4. The van der Waals surface area contributed by atoms with Gasteiger partial charge in [-0.25, -0.2) is 18.4 Å². The number of ether oxygens (including phenoxy) is 4. The van der Waals surface area contributed by atoms with Gasteiger partial charge in [0.2, 0.25) is 17.7 Å². The molecule has 0 amide bonds. The number of aryl methyl sites for hydroxylation is 2. The predicted molar refractivity (Wildman–Crippen MR) is 375 cm³/mol. The summed E-state index contributed by atoms with van der Waals surface area (Å²) in [6.45, 7) is 13.5. The van der Waals surface area contributed by atoms with Crippen molar-refractivity contribution >= 4 is 126 Å². The Labute approximate surface area is 578 Å². The number of benzene rings is 6. The van der Waals surface area contributed by atoms with Crippen molar-refractivity contribution < 1.29 is 57.1 Å². The summed E-state index contributed by atoms with van der Waals surface area (Å²) in [5.74, 6) is -4.34. The largest absolute Gasteiger partial charge is 0.492 e. The number of piperazine rings is 2. The maximum atomic E-state index is 16.2. The summed E-state index contributed by atoms with van der Waals surface area (Å²) in [5, 5.41) is 33.4. The molecule has 0 bridgehead atoms. The van der Waals surface area contributed by atoms with Gasteiger partial charge in [-0.3, -0.25) is 19.2 Å². The van der Waals surface area contributed by atoms with Gasteiger partial charge in [-0.1, -0.05) is 94.9 Å². The van der Waals surface area contributed by atoms with Crippen molar-refractivity contribution in [3.05, 3.63) is 182 Å². The van der Waals surface area contributed by atoms with Crippen molar-refractivity contribution in [3.63, 3.8) is 0 Å². The zero-order valence-corrected chi connectivity index (χ0v) is 57.6. The number of rotatable bonds is 18. The number of aliphatic carboxylic acids is 1. The van der Waals surface area contributed by atoms with E-state index in [1.165, 1.54) is 14.2 Å². The monoisotopic (exact) mass is 1410 g/mol. The van der Waals surface area contributed by atoms with E-state index in [-0.39, 0.29) is 75.8 Å². The number of para-hydroxylation sites is 4. The zero-order chi connectivity index (χ0) is 69.8. The molecule has 26 heteroatoms. The van der Waals surface area contributed by atoms with Gasteiger partial charge >= 0.3 is 23.9 Å². The number of aromatic carboxylic acids is 1. The number of methoxy groups -OCH3 is 2. The Morgan fingerprint density at radius 1 is 0.577 bits per heavy atom. The number of aromatic nitrogens is 2. The van der Waals surface area contributed by atoms with E-state index < -0.39 is 53.2 Å². The second-order valence-electron chi connectivity index (χ2n) is 24.3. The molecule has 4 fully saturated rings. The van der Waals surface area contributed by atoms with Crippen LogP contribution in [0.5, 0.6) is 11.5 Å². The van der Waals surface area contributed by atoms with Crippen molar-refractivity contribution in [1.29, 1.82) is 0 Å². The van der Waals surface area contributed by atoms with Gasteiger partial charge < -0.3 is 69.4 Å². The second-order valence-corrected chi connectivity index (χ2v) is 26.0. The highest BCUT2D eigenvalue weighted by molar-refractivity contribution is 6.40. The fourth-order valence-electron chi connectivity index (χ4n) is 12.7. The molecule has 97 heavy (non-hydrogen) atoms. The highest BCUT2D eigenvalue weighted by Gasteiger charge is 2.38. The number of fused-ring (bicyclic) bond motifs is 2. The van der Waals surface area contributed by atoms with E-state index in [0.717, 1.165) is 25.7 Å². The standard InChI is InChI=1S/C36H37Cl2FN4O6.C21H26FN3O4.C14H11Cl2NO2/c1-19-17-42(15-14-40-19)33-30(39)20(2)28-32(35(33)47-4)43(23-12-13-23)21(3)29(34(28)45)36(46)49-18-48-27(44)16-22-8-5-6-11-26(22)41-31-24(37)9-7-10-25(31)38;1-10-9-24(8-7-23-10)18-16(22)11(2)14-17(20(18)29-4)25(13-5-6-13)12(3)15(19(14)26)21(27)28;15-10-5-3-6-11(16)14(10)17-12-7-2-1-4-9(12)8-13(18)19/h5-11,19,23,40-41H,12-18H2,1-4H3;10,13,23H,5-9H2,1-4H3,(H,27,28);1-7,17H,8H2,(H,18,19). The highest BCUT2D eigenvalue weighted by atomic mass is 35.5. The third-order valence-electron chi connectivity index (χ3n) is 17.6. The lowest BCUT2D eigenvalue weighted by molar-refractivity contribution is -0.151. The molecule has 0 spiro atoms. The van der Waals surface area contributed by atoms with E-state index in [1.807, 2.05) is 38.8 Å². The summed E-state index contributed by atoms with van der Waals surface area (Å²) in [6, 6.07) is 24.9. The SMILES string of the molecule is COc1c(N2CCNC(C)C2)c(F)c(C)c2c(=O)c(C(=O)O)c(C)n(C3CC3)c12.COc1c(N2CCNC(C)C2)c(F)c(C)c2c(=O)c(C(=O)OCOC(=O)Cc3ccccc3Nc3c(Cl)cccc3Cl)c(C)n(C3CC3)c12.O=C(O)Cc1ccccc1Nc1c(Cl)cccc1Cl. The number of nitrogens with one attached hydrogen (secondary N) is 4. The van der Waals surface area contributed by atoms with Crippen molar-refractivity contribution in [2.45, 2.75) is 104 Å². The molecule has 2 aliphatic heterocycles. The van der Waals surface area contributed by atoms with Gasteiger partial charge in [0.15, 0.2) is 23.1 Å². The summed E-state index contributed by atoms with van der Waals surface area (Å²) < 4.78 is 57.8. The molecule has 4 heterocycles. The van der Waals surface area contributed by atoms with E-state index in [2.05, 4.69) is 21.3 Å². The molecule has 2 atom stereocenters. The quantitative estimate of drug-likeness (QED) is 0.0345. The van der Waals surface area contributed by atoms with Crippen LogP contribution >= 0.6 is 46.4 Å². The number of hydrogen-bond acceptors (Lipinski definition) is 16. The topological polar surface area (TPSA) is 244 Å². The van der Waals surface area contributed by atoms with Crippen LogP contribution in [0.4, 0.5) is 42.9 Å². The summed E-state index contributed by atoms with van der Waals surface area (Å²) in [5.41, 5.74) is 4.41. The number of pyridine rings is 2. The maximum Gasteiger partial charge on any atom is 0.346 e. The number of carbonyl (C=O) groups is 4. The van der Waals surface area contributed by atoms with Gasteiger partial charge in [0.1, 0.15) is 22.5 Å². The van der Waals surface area contributed by atoms with E-state index in [4.69, 9.17) is 70.5 Å². The van der Waals surface area contributed by atoms with Gasteiger partial charge in [0, 0.05) is 97.3 Å². The number of carboxylic acids is 2. The molecule has 12 rings (SSSR count). The number of halogens is 6. The van der Waals surface area contributed by atoms with Crippen molar-refractivity contribution in [1.82, 2.24) is 19.8 Å². The lowest BCUT2D eigenvalue weighted by atomic mass is 10.00. The highest BCUT2D eigenvalue weighted by Crippen LogP contribution is 2.49. The number of anilines is 6. The van der Waals surface area contributed by atoms with Crippen LogP contribution in [0.15, 0.2) is 94.5 Å². The Balaban J connectivity index is 0.000000178. The first-order valence-electron chi connectivity index (χ1n) is 31.6. The number of esters is 2. The van der Waals surface area contributed by atoms with E-state index in [9.17, 15) is 33.9 Å². The molecular formula is C71H74Cl4F2N8O12. The fourth-order valence-corrected chi connectivity index (χ4v) is 13.7. The molecule has 6 N–H and O–H groups in total. The molecule has 2 aromatic heterocycles. The molecule has 6 aromatic carbocycles. The summed E-state index contributed by atoms with van der Waals surface area (Å²) in [6.07, 6.45) is 3.20. The zero-order valence-electron chi connectivity index (χ0n) is 54.6. The Kier molecular flexibility index (Phi) is 22.3. The van der Waals surface area contributed by atoms with Gasteiger partial charge in [0.25, 0.3) is 0 Å².